The smallest absolute Gasteiger partial charge is 0.147 e. The molecule has 0 saturated heterocycles. The molecule has 1 unspecified atom stereocenters. The summed E-state index contributed by atoms with van der Waals surface area (Å²) in [6.07, 6.45) is 3.59. The summed E-state index contributed by atoms with van der Waals surface area (Å²) in [5.41, 5.74) is 6.93. The van der Waals surface area contributed by atoms with E-state index >= 15 is 0 Å². The predicted octanol–water partition coefficient (Wildman–Crippen LogP) is 0.189. The van der Waals surface area contributed by atoms with Crippen molar-refractivity contribution in [3.05, 3.63) is 42.2 Å². The Morgan fingerprint density at radius 3 is 3.06 bits per heavy atom. The van der Waals surface area contributed by atoms with Gasteiger partial charge in [-0.25, -0.2) is 0 Å². The highest BCUT2D eigenvalue weighted by Gasteiger charge is 2.25. The first-order valence-corrected chi connectivity index (χ1v) is 6.10. The number of hydrogen-bond donors (Lipinski definition) is 1. The third kappa shape index (κ3) is 2.00. The van der Waals surface area contributed by atoms with Gasteiger partial charge < -0.3 is 10.3 Å². The van der Waals surface area contributed by atoms with Crippen molar-refractivity contribution in [1.82, 2.24) is 24.6 Å². The van der Waals surface area contributed by atoms with E-state index in [4.69, 9.17) is 5.73 Å². The van der Waals surface area contributed by atoms with Gasteiger partial charge in [-0.2, -0.15) is 0 Å². The minimum atomic E-state index is 0.150. The third-order valence-corrected chi connectivity index (χ3v) is 3.36. The molecule has 3 heterocycles. The summed E-state index contributed by atoms with van der Waals surface area (Å²) in [7, 11) is 0. The van der Waals surface area contributed by atoms with Gasteiger partial charge in [-0.1, -0.05) is 6.07 Å². The maximum Gasteiger partial charge on any atom is 0.147 e. The van der Waals surface area contributed by atoms with Gasteiger partial charge in [0.15, 0.2) is 0 Å². The second kappa shape index (κ2) is 4.83. The highest BCUT2D eigenvalue weighted by atomic mass is 15.3. The predicted molar refractivity (Wildman–Crippen MR) is 66.5 cm³/mol. The van der Waals surface area contributed by atoms with Crippen LogP contribution in [-0.4, -0.2) is 37.7 Å². The maximum absolute atomic E-state index is 5.91. The van der Waals surface area contributed by atoms with Crippen LogP contribution < -0.4 is 5.73 Å². The highest BCUT2D eigenvalue weighted by Crippen LogP contribution is 2.22. The number of hydrogen-bond acceptors (Lipinski definition) is 5. The van der Waals surface area contributed by atoms with Crippen molar-refractivity contribution in [2.45, 2.75) is 19.1 Å². The zero-order valence-corrected chi connectivity index (χ0v) is 10.1. The number of nitrogens with zero attached hydrogens (tertiary/aromatic N) is 5. The van der Waals surface area contributed by atoms with Crippen LogP contribution in [-0.2, 0) is 13.1 Å². The molecule has 6 heteroatoms. The number of rotatable bonds is 3. The largest absolute Gasteiger partial charge is 0.329 e. The first-order chi connectivity index (χ1) is 8.88. The van der Waals surface area contributed by atoms with Crippen LogP contribution in [0.3, 0.4) is 0 Å². The average Bonchev–Trinajstić information content (AvgIpc) is 2.88. The van der Waals surface area contributed by atoms with Crippen molar-refractivity contribution in [2.75, 3.05) is 13.1 Å². The molecule has 0 bridgehead atoms. The first-order valence-electron chi connectivity index (χ1n) is 6.10. The molecule has 0 amide bonds. The van der Waals surface area contributed by atoms with Crippen molar-refractivity contribution in [3.8, 4) is 0 Å². The molecule has 0 aliphatic carbocycles. The van der Waals surface area contributed by atoms with Gasteiger partial charge in [0.05, 0.1) is 18.3 Å². The molecule has 1 aliphatic heterocycles. The Morgan fingerprint density at radius 1 is 1.33 bits per heavy atom. The molecule has 0 fully saturated rings. The van der Waals surface area contributed by atoms with Crippen LogP contribution in [0.4, 0.5) is 0 Å². The Balaban J connectivity index is 1.82. The Kier molecular flexibility index (Phi) is 3.04. The van der Waals surface area contributed by atoms with Crippen LogP contribution in [0.5, 0.6) is 0 Å². The molecule has 0 aromatic carbocycles. The summed E-state index contributed by atoms with van der Waals surface area (Å²) in [5.74, 6) is 0.996. The lowest BCUT2D eigenvalue weighted by Crippen LogP contribution is -2.40. The van der Waals surface area contributed by atoms with E-state index in [2.05, 4.69) is 24.6 Å². The molecule has 2 N–H and O–H groups in total. The monoisotopic (exact) mass is 244 g/mol. The summed E-state index contributed by atoms with van der Waals surface area (Å²) in [4.78, 5) is 6.72. The van der Waals surface area contributed by atoms with Gasteiger partial charge in [0.2, 0.25) is 0 Å². The third-order valence-electron chi connectivity index (χ3n) is 3.36. The summed E-state index contributed by atoms with van der Waals surface area (Å²) in [6.45, 7) is 3.19. The van der Waals surface area contributed by atoms with Crippen LogP contribution in [0.15, 0.2) is 30.7 Å². The van der Waals surface area contributed by atoms with E-state index in [0.29, 0.717) is 6.54 Å². The number of pyridine rings is 1. The zero-order valence-electron chi connectivity index (χ0n) is 10.1. The molecule has 94 valence electrons. The van der Waals surface area contributed by atoms with Gasteiger partial charge in [0.1, 0.15) is 12.2 Å². The quantitative estimate of drug-likeness (QED) is 0.834. The van der Waals surface area contributed by atoms with Crippen LogP contribution >= 0.6 is 0 Å². The Labute approximate surface area is 105 Å². The van der Waals surface area contributed by atoms with Crippen molar-refractivity contribution in [3.63, 3.8) is 0 Å². The molecule has 6 nitrogen and oxygen atoms in total. The van der Waals surface area contributed by atoms with Gasteiger partial charge >= 0.3 is 0 Å². The average molecular weight is 244 g/mol. The standard InChI is InChI=1S/C12H16N6/c13-7-11(10-3-1-2-4-14-10)17-5-6-18-9-15-16-12(18)8-17/h1-4,9,11H,5-8,13H2. The molecule has 2 aromatic heterocycles. The lowest BCUT2D eigenvalue weighted by molar-refractivity contribution is 0.153. The van der Waals surface area contributed by atoms with Gasteiger partial charge in [-0.3, -0.25) is 9.88 Å². The molecule has 0 spiro atoms. The summed E-state index contributed by atoms with van der Waals surface area (Å²) in [5, 5.41) is 8.06. The van der Waals surface area contributed by atoms with Crippen molar-refractivity contribution in [1.29, 1.82) is 0 Å². The molecular formula is C12H16N6. The molecule has 2 aromatic rings. The van der Waals surface area contributed by atoms with E-state index in [1.165, 1.54) is 0 Å². The van der Waals surface area contributed by atoms with Crippen LogP contribution in [0.1, 0.15) is 17.6 Å². The molecule has 1 aliphatic rings. The summed E-state index contributed by atoms with van der Waals surface area (Å²) < 4.78 is 2.09. The topological polar surface area (TPSA) is 72.9 Å². The number of nitrogens with two attached hydrogens (primary N) is 1. The second-order valence-corrected chi connectivity index (χ2v) is 4.42. The van der Waals surface area contributed by atoms with E-state index in [-0.39, 0.29) is 6.04 Å². The minimum Gasteiger partial charge on any atom is -0.329 e. The number of fused-ring (bicyclic) bond motifs is 1. The molecule has 0 radical (unpaired) electrons. The molecular weight excluding hydrogens is 228 g/mol. The van der Waals surface area contributed by atoms with Crippen LogP contribution in [0.25, 0.3) is 0 Å². The van der Waals surface area contributed by atoms with Gasteiger partial charge in [-0.15, -0.1) is 10.2 Å². The van der Waals surface area contributed by atoms with Gasteiger partial charge in [0.25, 0.3) is 0 Å². The van der Waals surface area contributed by atoms with Crippen LogP contribution in [0, 0.1) is 0 Å². The molecule has 18 heavy (non-hydrogen) atoms. The van der Waals surface area contributed by atoms with E-state index < -0.39 is 0 Å². The normalized spacial score (nSPS) is 17.4. The SMILES string of the molecule is NCC(c1ccccn1)N1CCn2cnnc2C1. The number of aromatic nitrogens is 4. The Morgan fingerprint density at radius 2 is 2.28 bits per heavy atom. The fourth-order valence-corrected chi connectivity index (χ4v) is 2.38. The van der Waals surface area contributed by atoms with E-state index in [9.17, 15) is 0 Å². The first kappa shape index (κ1) is 11.3. The minimum absolute atomic E-state index is 0.150. The zero-order chi connectivity index (χ0) is 12.4. The lowest BCUT2D eigenvalue weighted by atomic mass is 10.1. The highest BCUT2D eigenvalue weighted by molar-refractivity contribution is 5.10. The Hall–Kier alpha value is -1.79. The van der Waals surface area contributed by atoms with Crippen molar-refractivity contribution >= 4 is 0 Å². The second-order valence-electron chi connectivity index (χ2n) is 4.42. The van der Waals surface area contributed by atoms with Gasteiger partial charge in [-0.05, 0) is 12.1 Å². The van der Waals surface area contributed by atoms with E-state index in [1.54, 1.807) is 6.33 Å². The Bertz CT molecular complexity index is 508. The fourth-order valence-electron chi connectivity index (χ4n) is 2.38. The summed E-state index contributed by atoms with van der Waals surface area (Å²) >= 11 is 0. The van der Waals surface area contributed by atoms with Crippen molar-refractivity contribution in [2.24, 2.45) is 5.73 Å². The van der Waals surface area contributed by atoms with Crippen molar-refractivity contribution < 1.29 is 0 Å². The lowest BCUT2D eigenvalue weighted by Gasteiger charge is -2.33. The van der Waals surface area contributed by atoms with Gasteiger partial charge in [0, 0.05) is 25.8 Å². The van der Waals surface area contributed by atoms with E-state index in [1.807, 2.05) is 24.4 Å². The molecule has 1 atom stereocenters. The molecule has 3 rings (SSSR count). The van der Waals surface area contributed by atoms with Crippen LogP contribution in [0.2, 0.25) is 0 Å². The summed E-state index contributed by atoms with van der Waals surface area (Å²) in [6, 6.07) is 6.09. The fraction of sp³-hybridized carbons (Fsp3) is 0.417. The van der Waals surface area contributed by atoms with E-state index in [0.717, 1.165) is 31.2 Å². The maximum atomic E-state index is 5.91. The molecule has 0 saturated carbocycles.